The lowest BCUT2D eigenvalue weighted by Crippen LogP contribution is -2.49. The van der Waals surface area contributed by atoms with E-state index in [0.717, 1.165) is 5.56 Å². The van der Waals surface area contributed by atoms with Gasteiger partial charge in [-0.25, -0.2) is 8.42 Å². The Bertz CT molecular complexity index is 1280. The third-order valence-corrected chi connectivity index (χ3v) is 7.47. The molecule has 1 amide bonds. The second-order valence-corrected chi connectivity index (χ2v) is 11.0. The molecule has 0 unspecified atom stereocenters. The minimum atomic E-state index is -3.93. The lowest BCUT2D eigenvalue weighted by Gasteiger charge is -2.36. The van der Waals surface area contributed by atoms with E-state index < -0.39 is 22.0 Å². The van der Waals surface area contributed by atoms with E-state index >= 15 is 0 Å². The summed E-state index contributed by atoms with van der Waals surface area (Å²) in [6.45, 7) is 6.01. The number of rotatable bonds is 5. The molecule has 3 aromatic rings. The highest BCUT2D eigenvalue weighted by Gasteiger charge is 2.38. The Morgan fingerprint density at radius 1 is 1.03 bits per heavy atom. The van der Waals surface area contributed by atoms with Crippen LogP contribution in [0.2, 0.25) is 0 Å². The summed E-state index contributed by atoms with van der Waals surface area (Å²) < 4.78 is 39.7. The van der Waals surface area contributed by atoms with E-state index in [2.05, 4.69) is 26.1 Å². The SMILES string of the molecule is COc1ccc(NC(=O)[C@H]2CN(S(=O)(=O)c3ccccc3)c3cc(C(C)(C)C)ccc3O2)cc1. The Kier molecular flexibility index (Phi) is 6.27. The molecule has 0 radical (unpaired) electrons. The van der Waals surface area contributed by atoms with Gasteiger partial charge in [0, 0.05) is 5.69 Å². The zero-order valence-electron chi connectivity index (χ0n) is 19.6. The van der Waals surface area contributed by atoms with Gasteiger partial charge in [0.15, 0.2) is 6.10 Å². The van der Waals surface area contributed by atoms with Gasteiger partial charge in [0.05, 0.1) is 24.2 Å². The lowest BCUT2D eigenvalue weighted by molar-refractivity contribution is -0.122. The molecule has 4 rings (SSSR count). The number of fused-ring (bicyclic) bond motifs is 1. The van der Waals surface area contributed by atoms with Crippen LogP contribution in [-0.2, 0) is 20.2 Å². The number of hydrogen-bond donors (Lipinski definition) is 1. The Labute approximate surface area is 200 Å². The van der Waals surface area contributed by atoms with E-state index in [9.17, 15) is 13.2 Å². The van der Waals surface area contributed by atoms with Crippen molar-refractivity contribution in [1.82, 2.24) is 0 Å². The minimum Gasteiger partial charge on any atom is -0.497 e. The van der Waals surface area contributed by atoms with Crippen LogP contribution >= 0.6 is 0 Å². The molecule has 0 aromatic heterocycles. The number of benzene rings is 3. The zero-order chi connectivity index (χ0) is 24.5. The van der Waals surface area contributed by atoms with E-state index in [4.69, 9.17) is 9.47 Å². The topological polar surface area (TPSA) is 84.9 Å². The number of methoxy groups -OCH3 is 1. The Balaban J connectivity index is 1.71. The van der Waals surface area contributed by atoms with Crippen LogP contribution in [0.25, 0.3) is 0 Å². The van der Waals surface area contributed by atoms with Crippen LogP contribution in [0.5, 0.6) is 11.5 Å². The van der Waals surface area contributed by atoms with Gasteiger partial charge in [0.1, 0.15) is 11.5 Å². The number of carbonyl (C=O) groups is 1. The second-order valence-electron chi connectivity index (χ2n) is 9.11. The lowest BCUT2D eigenvalue weighted by atomic mass is 9.86. The van der Waals surface area contributed by atoms with Gasteiger partial charge < -0.3 is 14.8 Å². The molecule has 0 bridgehead atoms. The predicted octanol–water partition coefficient (Wildman–Crippen LogP) is 4.59. The van der Waals surface area contributed by atoms with Gasteiger partial charge in [-0.1, -0.05) is 45.0 Å². The standard InChI is InChI=1S/C26H28N2O5S/c1-26(2,3)18-10-15-23-22(16-18)28(34(30,31)21-8-6-5-7-9-21)17-24(33-23)25(29)27-19-11-13-20(32-4)14-12-19/h5-16,24H,17H2,1-4H3,(H,27,29)/t24-/m1/s1. The highest BCUT2D eigenvalue weighted by Crippen LogP contribution is 2.40. The molecule has 0 saturated carbocycles. The third-order valence-electron chi connectivity index (χ3n) is 5.68. The Hall–Kier alpha value is -3.52. The Morgan fingerprint density at radius 2 is 1.71 bits per heavy atom. The number of nitrogens with zero attached hydrogens (tertiary/aromatic N) is 1. The fraction of sp³-hybridized carbons (Fsp3) is 0.269. The van der Waals surface area contributed by atoms with Crippen molar-refractivity contribution >= 4 is 27.3 Å². The number of ether oxygens (including phenoxy) is 2. The minimum absolute atomic E-state index is 0.151. The molecule has 1 atom stereocenters. The zero-order valence-corrected chi connectivity index (χ0v) is 20.4. The maximum atomic E-state index is 13.6. The monoisotopic (exact) mass is 480 g/mol. The Morgan fingerprint density at radius 3 is 2.32 bits per heavy atom. The predicted molar refractivity (Wildman–Crippen MR) is 132 cm³/mol. The molecule has 1 heterocycles. The van der Waals surface area contributed by atoms with Crippen molar-refractivity contribution in [3.8, 4) is 11.5 Å². The van der Waals surface area contributed by atoms with Gasteiger partial charge in [-0.05, 0) is 59.5 Å². The average molecular weight is 481 g/mol. The molecule has 0 saturated heterocycles. The van der Waals surface area contributed by atoms with Gasteiger partial charge in [-0.2, -0.15) is 0 Å². The van der Waals surface area contributed by atoms with Gasteiger partial charge in [0.25, 0.3) is 15.9 Å². The van der Waals surface area contributed by atoms with Gasteiger partial charge in [0.2, 0.25) is 0 Å². The number of carbonyl (C=O) groups excluding carboxylic acids is 1. The summed E-state index contributed by atoms with van der Waals surface area (Å²) in [6.07, 6.45) is -1.03. The molecule has 1 aliphatic heterocycles. The fourth-order valence-corrected chi connectivity index (χ4v) is 5.19. The van der Waals surface area contributed by atoms with Crippen molar-refractivity contribution < 1.29 is 22.7 Å². The molecule has 0 spiro atoms. The molecular formula is C26H28N2O5S. The quantitative estimate of drug-likeness (QED) is 0.578. The van der Waals surface area contributed by atoms with E-state index in [-0.39, 0.29) is 16.9 Å². The number of anilines is 2. The maximum absolute atomic E-state index is 13.6. The van der Waals surface area contributed by atoms with Crippen LogP contribution in [0.1, 0.15) is 26.3 Å². The summed E-state index contributed by atoms with van der Waals surface area (Å²) in [5.74, 6) is 0.563. The van der Waals surface area contributed by atoms with Crippen molar-refractivity contribution in [2.75, 3.05) is 23.3 Å². The highest BCUT2D eigenvalue weighted by atomic mass is 32.2. The first kappa shape index (κ1) is 23.6. The normalized spacial score (nSPS) is 15.8. The fourth-order valence-electron chi connectivity index (χ4n) is 3.70. The van der Waals surface area contributed by atoms with E-state index in [1.165, 1.54) is 4.31 Å². The van der Waals surface area contributed by atoms with Crippen LogP contribution in [0.3, 0.4) is 0 Å². The van der Waals surface area contributed by atoms with Crippen LogP contribution in [0, 0.1) is 0 Å². The van der Waals surface area contributed by atoms with Crippen molar-refractivity contribution in [3.63, 3.8) is 0 Å². The molecule has 7 nitrogen and oxygen atoms in total. The summed E-state index contributed by atoms with van der Waals surface area (Å²) >= 11 is 0. The van der Waals surface area contributed by atoms with Gasteiger partial charge in [-0.15, -0.1) is 0 Å². The highest BCUT2D eigenvalue weighted by molar-refractivity contribution is 7.92. The molecule has 1 aliphatic rings. The first-order valence-electron chi connectivity index (χ1n) is 10.9. The molecule has 8 heteroatoms. The first-order chi connectivity index (χ1) is 16.1. The maximum Gasteiger partial charge on any atom is 0.267 e. The molecular weight excluding hydrogens is 452 g/mol. The molecule has 3 aromatic carbocycles. The van der Waals surface area contributed by atoms with Crippen molar-refractivity contribution in [2.45, 2.75) is 37.2 Å². The number of amides is 1. The van der Waals surface area contributed by atoms with Crippen molar-refractivity contribution in [2.24, 2.45) is 0 Å². The largest absolute Gasteiger partial charge is 0.497 e. The van der Waals surface area contributed by atoms with E-state index in [1.807, 2.05) is 12.1 Å². The molecule has 34 heavy (non-hydrogen) atoms. The number of sulfonamides is 1. The van der Waals surface area contributed by atoms with Crippen molar-refractivity contribution in [1.29, 1.82) is 0 Å². The second kappa shape index (κ2) is 9.02. The van der Waals surface area contributed by atoms with Crippen LogP contribution in [0.4, 0.5) is 11.4 Å². The van der Waals surface area contributed by atoms with Crippen LogP contribution in [-0.4, -0.2) is 34.1 Å². The van der Waals surface area contributed by atoms with E-state index in [1.54, 1.807) is 67.8 Å². The van der Waals surface area contributed by atoms with Crippen LogP contribution < -0.4 is 19.1 Å². The summed E-state index contributed by atoms with van der Waals surface area (Å²) in [7, 11) is -2.37. The number of hydrogen-bond acceptors (Lipinski definition) is 5. The van der Waals surface area contributed by atoms with Crippen molar-refractivity contribution in [3.05, 3.63) is 78.4 Å². The molecule has 0 aliphatic carbocycles. The van der Waals surface area contributed by atoms with Gasteiger partial charge >= 0.3 is 0 Å². The first-order valence-corrected chi connectivity index (χ1v) is 12.4. The van der Waals surface area contributed by atoms with E-state index in [0.29, 0.717) is 22.9 Å². The molecule has 1 N–H and O–H groups in total. The van der Waals surface area contributed by atoms with Crippen LogP contribution in [0.15, 0.2) is 77.7 Å². The summed E-state index contributed by atoms with van der Waals surface area (Å²) in [5.41, 5.74) is 1.74. The summed E-state index contributed by atoms with van der Waals surface area (Å²) in [5, 5.41) is 2.80. The average Bonchev–Trinajstić information content (AvgIpc) is 2.83. The smallest absolute Gasteiger partial charge is 0.267 e. The summed E-state index contributed by atoms with van der Waals surface area (Å²) in [4.78, 5) is 13.2. The molecule has 178 valence electrons. The third kappa shape index (κ3) is 4.72. The van der Waals surface area contributed by atoms with Gasteiger partial charge in [-0.3, -0.25) is 9.10 Å². The number of nitrogens with one attached hydrogen (secondary N) is 1. The summed E-state index contributed by atoms with van der Waals surface area (Å²) in [6, 6.07) is 20.5. The molecule has 0 fully saturated rings.